The van der Waals surface area contributed by atoms with Crippen molar-refractivity contribution in [2.24, 2.45) is 11.3 Å². The Balaban J connectivity index is 1.56. The Labute approximate surface area is 190 Å². The van der Waals surface area contributed by atoms with E-state index in [1.807, 2.05) is 0 Å². The van der Waals surface area contributed by atoms with Crippen molar-refractivity contribution in [3.05, 3.63) is 53.7 Å². The largest absolute Gasteiger partial charge is 0.256 e. The van der Waals surface area contributed by atoms with Crippen LogP contribution in [-0.2, 0) is 6.42 Å². The summed E-state index contributed by atoms with van der Waals surface area (Å²) in [6.07, 6.45) is 15.0. The minimum atomic E-state index is -0.0892. The van der Waals surface area contributed by atoms with Gasteiger partial charge in [0.05, 0.1) is 17.2 Å². The van der Waals surface area contributed by atoms with Gasteiger partial charge in [-0.15, -0.1) is 0 Å². The first-order valence-electron chi connectivity index (χ1n) is 12.6. The monoisotopic (exact) mass is 416 g/mol. The molecule has 0 spiro atoms. The third-order valence-electron chi connectivity index (χ3n) is 7.44. The van der Waals surface area contributed by atoms with Gasteiger partial charge in [-0.05, 0) is 74.0 Å². The summed E-state index contributed by atoms with van der Waals surface area (Å²) < 4.78 is 0. The molecule has 2 aromatic rings. The molecule has 1 unspecified atom stereocenters. The molecule has 166 valence electrons. The molecular formula is C29H40N2. The van der Waals surface area contributed by atoms with Crippen molar-refractivity contribution in [1.82, 2.24) is 4.98 Å². The van der Waals surface area contributed by atoms with Gasteiger partial charge in [0.2, 0.25) is 0 Å². The van der Waals surface area contributed by atoms with E-state index in [-0.39, 0.29) is 5.41 Å². The molecule has 1 aliphatic rings. The number of nitrogens with zero attached hydrogens (tertiary/aromatic N) is 2. The van der Waals surface area contributed by atoms with Gasteiger partial charge >= 0.3 is 0 Å². The van der Waals surface area contributed by atoms with Crippen molar-refractivity contribution in [3.63, 3.8) is 0 Å². The predicted molar refractivity (Wildman–Crippen MR) is 131 cm³/mol. The molecule has 0 amide bonds. The zero-order chi connectivity index (χ0) is 22.1. The smallest absolute Gasteiger partial charge is 0.0702 e. The Bertz CT molecular complexity index is 821. The molecule has 1 aliphatic carbocycles. The van der Waals surface area contributed by atoms with Gasteiger partial charge in [0, 0.05) is 11.8 Å². The lowest BCUT2D eigenvalue weighted by Gasteiger charge is -2.36. The molecule has 0 bridgehead atoms. The van der Waals surface area contributed by atoms with E-state index < -0.39 is 0 Å². The Kier molecular flexibility index (Phi) is 8.70. The van der Waals surface area contributed by atoms with E-state index in [9.17, 15) is 5.26 Å². The number of rotatable bonds is 10. The van der Waals surface area contributed by atoms with E-state index in [0.29, 0.717) is 11.8 Å². The summed E-state index contributed by atoms with van der Waals surface area (Å²) in [7, 11) is 0. The summed E-state index contributed by atoms with van der Waals surface area (Å²) in [6.45, 7) is 6.78. The van der Waals surface area contributed by atoms with Gasteiger partial charge in [0.25, 0.3) is 0 Å². The molecule has 1 fully saturated rings. The second kappa shape index (κ2) is 11.5. The van der Waals surface area contributed by atoms with E-state index in [0.717, 1.165) is 44.2 Å². The van der Waals surface area contributed by atoms with Crippen molar-refractivity contribution in [2.45, 2.75) is 97.3 Å². The Morgan fingerprint density at radius 2 is 1.77 bits per heavy atom. The summed E-state index contributed by atoms with van der Waals surface area (Å²) in [6, 6.07) is 16.1. The number of aromatic nitrogens is 1. The SMILES string of the molecule is CCCCCCc1ccc(-c2ccc(C3CCC(C#N)(CC(C)CC)CC3)cc2)nc1. The van der Waals surface area contributed by atoms with Crippen molar-refractivity contribution in [2.75, 3.05) is 0 Å². The summed E-state index contributed by atoms with van der Waals surface area (Å²) in [4.78, 5) is 4.72. The zero-order valence-corrected chi connectivity index (χ0v) is 19.9. The van der Waals surface area contributed by atoms with Crippen molar-refractivity contribution >= 4 is 0 Å². The summed E-state index contributed by atoms with van der Waals surface area (Å²) in [5.74, 6) is 1.23. The molecule has 2 heteroatoms. The topological polar surface area (TPSA) is 36.7 Å². The van der Waals surface area contributed by atoms with Gasteiger partial charge in [0.1, 0.15) is 0 Å². The van der Waals surface area contributed by atoms with Crippen LogP contribution < -0.4 is 0 Å². The highest BCUT2D eigenvalue weighted by molar-refractivity contribution is 5.59. The van der Waals surface area contributed by atoms with Gasteiger partial charge in [-0.3, -0.25) is 4.98 Å². The lowest BCUT2D eigenvalue weighted by Crippen LogP contribution is -2.27. The van der Waals surface area contributed by atoms with E-state index in [1.165, 1.54) is 48.8 Å². The number of unbranched alkanes of at least 4 members (excludes halogenated alkanes) is 3. The van der Waals surface area contributed by atoms with E-state index in [2.05, 4.69) is 69.4 Å². The second-order valence-electron chi connectivity index (χ2n) is 9.87. The molecule has 0 saturated heterocycles. The normalized spacial score (nSPS) is 22.1. The Morgan fingerprint density at radius 3 is 2.35 bits per heavy atom. The predicted octanol–water partition coefficient (Wildman–Crippen LogP) is 8.48. The molecule has 0 N–H and O–H groups in total. The first kappa shape index (κ1) is 23.5. The van der Waals surface area contributed by atoms with E-state index in [1.54, 1.807) is 0 Å². The van der Waals surface area contributed by atoms with Gasteiger partial charge < -0.3 is 0 Å². The number of hydrogen-bond acceptors (Lipinski definition) is 2. The Morgan fingerprint density at radius 1 is 1.03 bits per heavy atom. The van der Waals surface area contributed by atoms with Crippen molar-refractivity contribution < 1.29 is 0 Å². The molecule has 2 nitrogen and oxygen atoms in total. The van der Waals surface area contributed by atoms with Crippen molar-refractivity contribution in [3.8, 4) is 17.3 Å². The fourth-order valence-electron chi connectivity index (χ4n) is 5.10. The maximum Gasteiger partial charge on any atom is 0.0702 e. The number of nitriles is 1. The summed E-state index contributed by atoms with van der Waals surface area (Å²) in [5, 5.41) is 9.84. The standard InChI is InChI=1S/C29H40N2/c1-4-6-7-8-9-24-10-15-28(31-21-24)27-13-11-25(12-14-27)26-16-18-29(22-30,19-17-26)20-23(3)5-2/h10-15,21,23,26H,4-9,16-20H2,1-3H3. The fourth-order valence-corrected chi connectivity index (χ4v) is 5.10. The molecule has 3 rings (SSSR count). The van der Waals surface area contributed by atoms with E-state index in [4.69, 9.17) is 4.98 Å². The minimum absolute atomic E-state index is 0.0892. The molecule has 1 heterocycles. The fraction of sp³-hybridized carbons (Fsp3) is 0.586. The van der Waals surface area contributed by atoms with Crippen LogP contribution in [0.25, 0.3) is 11.3 Å². The third-order valence-corrected chi connectivity index (χ3v) is 7.44. The van der Waals surface area contributed by atoms with Crippen LogP contribution in [0.2, 0.25) is 0 Å². The molecule has 0 aliphatic heterocycles. The molecular weight excluding hydrogens is 376 g/mol. The Hall–Kier alpha value is -2.14. The van der Waals surface area contributed by atoms with Crippen LogP contribution in [0.1, 0.15) is 102 Å². The van der Waals surface area contributed by atoms with Crippen LogP contribution in [0, 0.1) is 22.7 Å². The van der Waals surface area contributed by atoms with Gasteiger partial charge in [-0.2, -0.15) is 5.26 Å². The molecule has 1 aromatic carbocycles. The van der Waals surface area contributed by atoms with Crippen LogP contribution in [0.4, 0.5) is 0 Å². The zero-order valence-electron chi connectivity index (χ0n) is 19.9. The number of aryl methyl sites for hydroxylation is 1. The third kappa shape index (κ3) is 6.42. The first-order valence-corrected chi connectivity index (χ1v) is 12.6. The van der Waals surface area contributed by atoms with Crippen LogP contribution in [-0.4, -0.2) is 4.98 Å². The average Bonchev–Trinajstić information content (AvgIpc) is 2.83. The minimum Gasteiger partial charge on any atom is -0.256 e. The first-order chi connectivity index (χ1) is 15.1. The summed E-state index contributed by atoms with van der Waals surface area (Å²) in [5.41, 5.74) is 4.93. The summed E-state index contributed by atoms with van der Waals surface area (Å²) >= 11 is 0. The highest BCUT2D eigenvalue weighted by Crippen LogP contribution is 2.46. The molecule has 0 radical (unpaired) electrons. The van der Waals surface area contributed by atoms with Gasteiger partial charge in [-0.1, -0.05) is 76.8 Å². The maximum atomic E-state index is 9.84. The molecule has 1 aromatic heterocycles. The maximum absolute atomic E-state index is 9.84. The van der Waals surface area contributed by atoms with Crippen LogP contribution in [0.5, 0.6) is 0 Å². The van der Waals surface area contributed by atoms with E-state index >= 15 is 0 Å². The highest BCUT2D eigenvalue weighted by Gasteiger charge is 2.36. The quantitative estimate of drug-likeness (QED) is 0.364. The number of pyridine rings is 1. The van der Waals surface area contributed by atoms with Crippen LogP contribution >= 0.6 is 0 Å². The van der Waals surface area contributed by atoms with Gasteiger partial charge in [-0.25, -0.2) is 0 Å². The highest BCUT2D eigenvalue weighted by atomic mass is 14.7. The molecule has 31 heavy (non-hydrogen) atoms. The lowest BCUT2D eigenvalue weighted by atomic mass is 9.66. The lowest BCUT2D eigenvalue weighted by molar-refractivity contribution is 0.198. The van der Waals surface area contributed by atoms with Gasteiger partial charge in [0.15, 0.2) is 0 Å². The van der Waals surface area contributed by atoms with Crippen LogP contribution in [0.15, 0.2) is 42.6 Å². The average molecular weight is 417 g/mol. The molecule has 1 atom stereocenters. The second-order valence-corrected chi connectivity index (χ2v) is 9.87. The molecule has 1 saturated carbocycles. The van der Waals surface area contributed by atoms with Crippen LogP contribution in [0.3, 0.4) is 0 Å². The number of hydrogen-bond donors (Lipinski definition) is 0. The van der Waals surface area contributed by atoms with Crippen molar-refractivity contribution in [1.29, 1.82) is 5.26 Å². The number of benzene rings is 1.